The number of aromatic nitrogens is 3. The van der Waals surface area contributed by atoms with Crippen molar-refractivity contribution in [3.63, 3.8) is 0 Å². The molecule has 11 nitrogen and oxygen atoms in total. The van der Waals surface area contributed by atoms with E-state index in [1.54, 1.807) is 0 Å². The van der Waals surface area contributed by atoms with Gasteiger partial charge in [0.2, 0.25) is 10.7 Å². The van der Waals surface area contributed by atoms with Gasteiger partial charge in [0.25, 0.3) is 5.91 Å². The van der Waals surface area contributed by atoms with E-state index in [9.17, 15) is 24.7 Å². The average molecular weight is 523 g/mol. The molecule has 1 saturated heterocycles. The first kappa shape index (κ1) is 25.3. The van der Waals surface area contributed by atoms with E-state index in [0.717, 1.165) is 21.2 Å². The van der Waals surface area contributed by atoms with Crippen LogP contribution in [0.2, 0.25) is 0 Å². The third-order valence-corrected chi connectivity index (χ3v) is 8.73. The van der Waals surface area contributed by atoms with E-state index >= 15 is 0 Å². The van der Waals surface area contributed by atoms with Gasteiger partial charge >= 0.3 is 29.6 Å². The van der Waals surface area contributed by atoms with Crippen LogP contribution in [0.4, 0.5) is 0 Å². The molecule has 32 heavy (non-hydrogen) atoms. The second-order valence-corrected chi connectivity index (χ2v) is 11.0. The number of fused-ring (bicyclic) bond motifs is 1. The van der Waals surface area contributed by atoms with Gasteiger partial charge in [-0.2, -0.15) is 4.73 Å². The second kappa shape index (κ2) is 10.3. The fourth-order valence-electron chi connectivity index (χ4n) is 3.13. The maximum Gasteiger partial charge on any atom is 1.00 e. The number of rotatable bonds is 7. The largest absolute Gasteiger partial charge is 1.00 e. The Hall–Kier alpha value is -1.36. The number of hydrogen-bond acceptors (Lipinski definition) is 12. The summed E-state index contributed by atoms with van der Waals surface area (Å²) in [6.45, 7) is 1.83. The predicted molar refractivity (Wildman–Crippen MR) is 111 cm³/mol. The Bertz CT molecular complexity index is 1160. The topological polar surface area (TPSA) is 164 Å². The summed E-state index contributed by atoms with van der Waals surface area (Å²) in [4.78, 5) is 37.8. The van der Waals surface area contributed by atoms with Crippen LogP contribution in [0.1, 0.15) is 10.7 Å². The Kier molecular flexibility index (Phi) is 8.11. The third-order valence-electron chi connectivity index (χ3n) is 4.55. The summed E-state index contributed by atoms with van der Waals surface area (Å²) in [6.07, 6.45) is -0.209. The predicted octanol–water partition coefficient (Wildman–Crippen LogP) is -3.83. The number of aryl methyl sites for hydroxylation is 1. The summed E-state index contributed by atoms with van der Waals surface area (Å²) in [5.41, 5.74) is 0.631. The average Bonchev–Trinajstić information content (AvgIpc) is 3.29. The molecule has 2 aliphatic heterocycles. The van der Waals surface area contributed by atoms with Crippen LogP contribution in [0.25, 0.3) is 0 Å². The molecule has 2 aromatic heterocycles. The molecule has 16 heteroatoms. The Balaban J connectivity index is 0.00000289. The van der Waals surface area contributed by atoms with E-state index in [0.29, 0.717) is 26.1 Å². The van der Waals surface area contributed by atoms with Crippen LogP contribution in [0.15, 0.2) is 21.0 Å². The van der Waals surface area contributed by atoms with E-state index < -0.39 is 29.2 Å². The molecule has 2 aliphatic rings. The molecule has 4 heterocycles. The number of thioether (sulfide) groups is 2. The van der Waals surface area contributed by atoms with Crippen LogP contribution in [0.5, 0.6) is 0 Å². The van der Waals surface area contributed by atoms with Gasteiger partial charge in [0.05, 0.1) is 23.8 Å². The van der Waals surface area contributed by atoms with Crippen molar-refractivity contribution in [2.45, 2.75) is 29.1 Å². The minimum Gasteiger partial charge on any atom is -0.543 e. The van der Waals surface area contributed by atoms with Gasteiger partial charge in [-0.3, -0.25) is 19.9 Å². The van der Waals surface area contributed by atoms with Crippen molar-refractivity contribution in [3.8, 4) is 0 Å². The Morgan fingerprint density at radius 2 is 2.19 bits per heavy atom. The third kappa shape index (κ3) is 4.93. The van der Waals surface area contributed by atoms with Crippen molar-refractivity contribution in [1.29, 1.82) is 5.41 Å². The zero-order valence-electron chi connectivity index (χ0n) is 16.9. The van der Waals surface area contributed by atoms with E-state index in [2.05, 4.69) is 15.5 Å². The zero-order chi connectivity index (χ0) is 22.3. The molecule has 1 unspecified atom stereocenters. The van der Waals surface area contributed by atoms with Crippen molar-refractivity contribution in [2.24, 2.45) is 0 Å². The SMILES string of the molecule is Cc1nnc(SCC2=C(C(=O)[O-])N3C(=O)C(NC(=O)Cc4csc(=N)n4O)[C@H]3SC2)s1.[Na+]. The van der Waals surface area contributed by atoms with Gasteiger partial charge in [0.15, 0.2) is 4.34 Å². The minimum atomic E-state index is -1.44. The molecule has 4 rings (SSSR count). The van der Waals surface area contributed by atoms with Gasteiger partial charge in [-0.15, -0.1) is 33.3 Å². The molecule has 3 N–H and O–H groups in total. The molecule has 2 atom stereocenters. The van der Waals surface area contributed by atoms with Crippen molar-refractivity contribution in [2.75, 3.05) is 11.5 Å². The van der Waals surface area contributed by atoms with E-state index in [-0.39, 0.29) is 52.2 Å². The quantitative estimate of drug-likeness (QED) is 0.143. The molecule has 2 amide bonds. The molecule has 1 fully saturated rings. The van der Waals surface area contributed by atoms with Gasteiger partial charge in [0, 0.05) is 16.9 Å². The fourth-order valence-corrected chi connectivity index (χ4v) is 7.08. The molecule has 164 valence electrons. The van der Waals surface area contributed by atoms with Crippen molar-refractivity contribution >= 4 is 64.0 Å². The molecule has 0 bridgehead atoms. The summed E-state index contributed by atoms with van der Waals surface area (Å²) in [7, 11) is 0. The van der Waals surface area contributed by atoms with E-state index in [1.807, 2.05) is 6.92 Å². The second-order valence-electron chi connectivity index (χ2n) is 6.59. The number of amides is 2. The zero-order valence-corrected chi connectivity index (χ0v) is 22.1. The number of aliphatic carboxylic acids is 1. The first-order valence-electron chi connectivity index (χ1n) is 8.80. The molecular formula is C16H15N6NaO5S4. The van der Waals surface area contributed by atoms with Crippen LogP contribution in [0, 0.1) is 12.3 Å². The van der Waals surface area contributed by atoms with E-state index in [4.69, 9.17) is 5.41 Å². The normalized spacial score (nSPS) is 19.8. The summed E-state index contributed by atoms with van der Waals surface area (Å²) in [6, 6.07) is -0.867. The Morgan fingerprint density at radius 3 is 2.78 bits per heavy atom. The van der Waals surface area contributed by atoms with Crippen LogP contribution in [-0.4, -0.2) is 65.7 Å². The summed E-state index contributed by atoms with van der Waals surface area (Å²) < 4.78 is 1.31. The molecule has 0 spiro atoms. The number of carboxylic acids is 1. The van der Waals surface area contributed by atoms with Crippen molar-refractivity contribution in [3.05, 3.63) is 32.2 Å². The molecule has 2 aromatic rings. The summed E-state index contributed by atoms with van der Waals surface area (Å²) in [5.74, 6) is -1.76. The summed E-state index contributed by atoms with van der Waals surface area (Å²) in [5, 5.41) is 41.2. The number of β-lactam (4-membered cyclic amide) rings is 1. The van der Waals surface area contributed by atoms with E-state index in [1.165, 1.54) is 40.2 Å². The van der Waals surface area contributed by atoms with Crippen LogP contribution in [0.3, 0.4) is 0 Å². The molecule has 0 aromatic carbocycles. The van der Waals surface area contributed by atoms with Crippen molar-refractivity contribution in [1.82, 2.24) is 25.1 Å². The van der Waals surface area contributed by atoms with Crippen molar-refractivity contribution < 1.29 is 54.3 Å². The smallest absolute Gasteiger partial charge is 0.543 e. The Labute approximate surface area is 220 Å². The summed E-state index contributed by atoms with van der Waals surface area (Å²) >= 11 is 5.08. The molecular weight excluding hydrogens is 507 g/mol. The first-order chi connectivity index (χ1) is 14.8. The number of nitrogens with zero attached hydrogens (tertiary/aromatic N) is 4. The fraction of sp³-hybridized carbons (Fsp3) is 0.375. The van der Waals surface area contributed by atoms with Gasteiger partial charge in [-0.25, -0.2) is 0 Å². The van der Waals surface area contributed by atoms with Crippen LogP contribution in [-0.2, 0) is 20.8 Å². The van der Waals surface area contributed by atoms with Crippen LogP contribution < -0.4 is 44.8 Å². The van der Waals surface area contributed by atoms with Gasteiger partial charge < -0.3 is 20.4 Å². The number of carbonyl (C=O) groups excluding carboxylic acids is 3. The molecule has 0 radical (unpaired) electrons. The molecule has 0 aliphatic carbocycles. The molecule has 0 saturated carbocycles. The maximum atomic E-state index is 12.7. The van der Waals surface area contributed by atoms with Crippen LogP contribution >= 0.6 is 46.2 Å². The van der Waals surface area contributed by atoms with Gasteiger partial charge in [-0.1, -0.05) is 23.1 Å². The number of nitrogens with one attached hydrogen (secondary N) is 2. The first-order valence-corrected chi connectivity index (χ1v) is 12.5. The number of carboxylic acid groups (broad SMARTS) is 1. The maximum absolute atomic E-state index is 12.7. The number of carbonyl (C=O) groups is 3. The monoisotopic (exact) mass is 522 g/mol. The number of hydrogen-bond donors (Lipinski definition) is 3. The Morgan fingerprint density at radius 1 is 1.44 bits per heavy atom. The van der Waals surface area contributed by atoms with Gasteiger partial charge in [0.1, 0.15) is 16.4 Å². The standard InChI is InChI=1S/C16H16N6O5S4.Na/c1-6-19-20-16(31-6)30-4-7-3-28-13-10(12(24)21(13)11(7)14(25)26)18-9(23)2-8-5-29-15(17)22(8)27;/h5,10,13,17,27H,2-4H2,1H3,(H,18,23)(H,25,26);/q;+1/p-1/t10?,13-;/m1./s1. The van der Waals surface area contributed by atoms with Gasteiger partial charge in [-0.05, 0) is 12.5 Å². The minimum absolute atomic E-state index is 0. The number of thiazole rings is 1.